The maximum atomic E-state index is 13.1. The number of nitrogens with one attached hydrogen (secondary N) is 1. The first-order chi connectivity index (χ1) is 14.8. The van der Waals surface area contributed by atoms with E-state index in [0.29, 0.717) is 37.6 Å². The summed E-state index contributed by atoms with van der Waals surface area (Å²) in [5.41, 5.74) is 0.736. The number of hydrogen-bond donors (Lipinski definition) is 1. The Bertz CT molecular complexity index is 919. The molecule has 31 heavy (non-hydrogen) atoms. The van der Waals surface area contributed by atoms with Crippen LogP contribution in [0.5, 0.6) is 0 Å². The highest BCUT2D eigenvalue weighted by molar-refractivity contribution is 5.92. The molecule has 2 fully saturated rings. The van der Waals surface area contributed by atoms with Crippen LogP contribution in [0.2, 0.25) is 0 Å². The maximum Gasteiger partial charge on any atom is 0.319 e. The van der Waals surface area contributed by atoms with Gasteiger partial charge in [0.2, 0.25) is 5.91 Å². The summed E-state index contributed by atoms with van der Waals surface area (Å²) in [6.07, 6.45) is 5.24. The Hall–Kier alpha value is -2.90. The first-order valence-electron chi connectivity index (χ1n) is 11.2. The molecule has 0 saturated carbocycles. The molecule has 8 nitrogen and oxygen atoms in total. The lowest BCUT2D eigenvalue weighted by molar-refractivity contribution is -0.121. The first kappa shape index (κ1) is 21.3. The zero-order valence-electron chi connectivity index (χ0n) is 18.7. The topological polar surface area (TPSA) is 83.4 Å². The van der Waals surface area contributed by atoms with E-state index in [9.17, 15) is 9.59 Å². The van der Waals surface area contributed by atoms with Gasteiger partial charge in [-0.05, 0) is 37.8 Å². The van der Waals surface area contributed by atoms with E-state index in [4.69, 9.17) is 5.10 Å². The predicted octanol–water partition coefficient (Wildman–Crippen LogP) is 3.43. The Balaban J connectivity index is 1.44. The molecule has 0 radical (unpaired) electrons. The van der Waals surface area contributed by atoms with Crippen LogP contribution in [-0.2, 0) is 10.2 Å². The number of likely N-dealkylation sites (tertiary alicyclic amines) is 2. The van der Waals surface area contributed by atoms with Gasteiger partial charge in [0.1, 0.15) is 5.82 Å². The molecule has 0 bridgehead atoms. The van der Waals surface area contributed by atoms with Crippen molar-refractivity contribution in [1.29, 1.82) is 0 Å². The molecule has 2 aromatic rings. The second kappa shape index (κ2) is 8.69. The van der Waals surface area contributed by atoms with Crippen LogP contribution in [0.15, 0.2) is 30.5 Å². The Morgan fingerprint density at radius 2 is 1.71 bits per heavy atom. The van der Waals surface area contributed by atoms with E-state index in [2.05, 4.69) is 31.1 Å². The van der Waals surface area contributed by atoms with E-state index >= 15 is 0 Å². The predicted molar refractivity (Wildman–Crippen MR) is 119 cm³/mol. The number of urea groups is 1. The van der Waals surface area contributed by atoms with Crippen molar-refractivity contribution in [3.05, 3.63) is 36.2 Å². The third-order valence-electron chi connectivity index (χ3n) is 6.11. The molecule has 2 aromatic heterocycles. The molecule has 0 aliphatic carbocycles. The fraction of sp³-hybridized carbons (Fsp3) is 0.565. The summed E-state index contributed by atoms with van der Waals surface area (Å²) in [5, 5.41) is 7.79. The lowest BCUT2D eigenvalue weighted by Crippen LogP contribution is -2.47. The number of nitrogens with zero attached hydrogens (tertiary/aromatic N) is 5. The molecule has 0 aromatic carbocycles. The number of anilines is 1. The second-order valence-corrected chi connectivity index (χ2v) is 9.49. The van der Waals surface area contributed by atoms with Crippen LogP contribution >= 0.6 is 0 Å². The molecule has 2 aliphatic heterocycles. The van der Waals surface area contributed by atoms with E-state index in [1.807, 2.05) is 34.1 Å². The highest BCUT2D eigenvalue weighted by Crippen LogP contribution is 2.27. The van der Waals surface area contributed by atoms with Crippen molar-refractivity contribution in [3.8, 4) is 5.82 Å². The van der Waals surface area contributed by atoms with Crippen molar-refractivity contribution in [1.82, 2.24) is 24.6 Å². The summed E-state index contributed by atoms with van der Waals surface area (Å²) in [4.78, 5) is 33.9. The highest BCUT2D eigenvalue weighted by Gasteiger charge is 2.31. The third kappa shape index (κ3) is 4.73. The molecule has 2 saturated heterocycles. The molecule has 0 atom stereocenters. The normalized spacial score (nSPS) is 17.8. The lowest BCUT2D eigenvalue weighted by atomic mass is 9.92. The van der Waals surface area contributed by atoms with Gasteiger partial charge in [0, 0.05) is 49.8 Å². The zero-order valence-corrected chi connectivity index (χ0v) is 18.7. The van der Waals surface area contributed by atoms with Crippen molar-refractivity contribution in [2.75, 3.05) is 31.5 Å². The summed E-state index contributed by atoms with van der Waals surface area (Å²) in [6, 6.07) is 7.68. The van der Waals surface area contributed by atoms with E-state index in [1.54, 1.807) is 10.9 Å². The maximum absolute atomic E-state index is 13.1. The number of amides is 3. The van der Waals surface area contributed by atoms with Crippen molar-refractivity contribution in [2.24, 2.45) is 5.92 Å². The van der Waals surface area contributed by atoms with Crippen molar-refractivity contribution in [2.45, 2.75) is 51.9 Å². The molecule has 2 aliphatic rings. The first-order valence-corrected chi connectivity index (χ1v) is 11.2. The summed E-state index contributed by atoms with van der Waals surface area (Å²) in [7, 11) is 0. The fourth-order valence-corrected chi connectivity index (χ4v) is 4.16. The van der Waals surface area contributed by atoms with E-state index in [1.165, 1.54) is 0 Å². The van der Waals surface area contributed by atoms with Gasteiger partial charge in [-0.2, -0.15) is 9.78 Å². The molecule has 4 heterocycles. The van der Waals surface area contributed by atoms with Crippen LogP contribution in [0.3, 0.4) is 0 Å². The van der Waals surface area contributed by atoms with Crippen LogP contribution in [-0.4, -0.2) is 62.7 Å². The smallest absolute Gasteiger partial charge is 0.319 e. The quantitative estimate of drug-likeness (QED) is 0.818. The van der Waals surface area contributed by atoms with Gasteiger partial charge in [-0.25, -0.2) is 9.78 Å². The minimum Gasteiger partial charge on any atom is -0.325 e. The van der Waals surface area contributed by atoms with Crippen LogP contribution in [0, 0.1) is 5.92 Å². The molecular formula is C23H32N6O2. The number of pyridine rings is 1. The highest BCUT2D eigenvalue weighted by atomic mass is 16.2. The summed E-state index contributed by atoms with van der Waals surface area (Å²) in [6.45, 7) is 9.24. The van der Waals surface area contributed by atoms with Crippen molar-refractivity contribution >= 4 is 17.8 Å². The lowest BCUT2D eigenvalue weighted by Gasteiger charge is -2.34. The Labute approximate surface area is 183 Å². The molecule has 0 spiro atoms. The van der Waals surface area contributed by atoms with Gasteiger partial charge in [0.15, 0.2) is 5.82 Å². The van der Waals surface area contributed by atoms with Gasteiger partial charge < -0.3 is 15.1 Å². The van der Waals surface area contributed by atoms with Crippen LogP contribution < -0.4 is 5.32 Å². The molecule has 3 amide bonds. The van der Waals surface area contributed by atoms with Crippen LogP contribution in [0.1, 0.15) is 52.1 Å². The van der Waals surface area contributed by atoms with Gasteiger partial charge in [-0.15, -0.1) is 0 Å². The average molecular weight is 425 g/mol. The summed E-state index contributed by atoms with van der Waals surface area (Å²) >= 11 is 0. The van der Waals surface area contributed by atoms with Gasteiger partial charge in [-0.3, -0.25) is 4.79 Å². The van der Waals surface area contributed by atoms with E-state index in [0.717, 1.165) is 31.6 Å². The number of hydrogen-bond acceptors (Lipinski definition) is 4. The molecule has 4 rings (SSSR count). The van der Waals surface area contributed by atoms with Crippen LogP contribution in [0.4, 0.5) is 10.6 Å². The number of aromatic nitrogens is 3. The van der Waals surface area contributed by atoms with Gasteiger partial charge in [0.25, 0.3) is 0 Å². The van der Waals surface area contributed by atoms with Crippen LogP contribution in [0.25, 0.3) is 5.82 Å². The number of piperidine rings is 1. The number of carbonyl (C=O) groups is 2. The minimum absolute atomic E-state index is 0.0224. The summed E-state index contributed by atoms with van der Waals surface area (Å²) in [5.74, 6) is 1.15. The minimum atomic E-state index is -0.152. The SMILES string of the molecule is CC(C)(C)c1cc(NC(=O)C2CCN(C(=O)N3CCCC3)CC2)n(-c2ccccn2)n1. The molecule has 0 unspecified atom stereocenters. The van der Waals surface area contributed by atoms with E-state index in [-0.39, 0.29) is 23.3 Å². The van der Waals surface area contributed by atoms with Gasteiger partial charge in [0.05, 0.1) is 5.69 Å². The van der Waals surface area contributed by atoms with Crippen molar-refractivity contribution in [3.63, 3.8) is 0 Å². The van der Waals surface area contributed by atoms with E-state index < -0.39 is 0 Å². The summed E-state index contributed by atoms with van der Waals surface area (Å²) < 4.78 is 1.70. The van der Waals surface area contributed by atoms with Gasteiger partial charge in [-0.1, -0.05) is 26.8 Å². The number of carbonyl (C=O) groups excluding carboxylic acids is 2. The number of rotatable bonds is 3. The van der Waals surface area contributed by atoms with Gasteiger partial charge >= 0.3 is 6.03 Å². The Morgan fingerprint density at radius 1 is 1.03 bits per heavy atom. The fourth-order valence-electron chi connectivity index (χ4n) is 4.16. The zero-order chi connectivity index (χ0) is 22.0. The second-order valence-electron chi connectivity index (χ2n) is 9.49. The standard InChI is InChI=1S/C23H32N6O2/c1-23(2,3)18-16-20(29(26-18)19-8-4-5-11-24-19)25-21(30)17-9-14-28(15-10-17)22(31)27-12-6-7-13-27/h4-5,8,11,16-17H,6-7,9-10,12-15H2,1-3H3,(H,25,30). The average Bonchev–Trinajstić information content (AvgIpc) is 3.44. The Kier molecular flexibility index (Phi) is 5.98. The van der Waals surface area contributed by atoms with Crippen molar-refractivity contribution < 1.29 is 9.59 Å². The molecule has 166 valence electrons. The molecular weight excluding hydrogens is 392 g/mol. The third-order valence-corrected chi connectivity index (χ3v) is 6.11. The monoisotopic (exact) mass is 424 g/mol. The molecule has 1 N–H and O–H groups in total. The largest absolute Gasteiger partial charge is 0.325 e. The molecule has 8 heteroatoms. The Morgan fingerprint density at radius 3 is 2.32 bits per heavy atom.